The van der Waals surface area contributed by atoms with E-state index in [-0.39, 0.29) is 24.2 Å². The van der Waals surface area contributed by atoms with Crippen molar-refractivity contribution in [2.24, 2.45) is 0 Å². The van der Waals surface area contributed by atoms with Gasteiger partial charge in [-0.2, -0.15) is 0 Å². The third-order valence-electron chi connectivity index (χ3n) is 4.06. The summed E-state index contributed by atoms with van der Waals surface area (Å²) in [6.07, 6.45) is 0.182. The summed E-state index contributed by atoms with van der Waals surface area (Å²) in [5, 5.41) is 10.5. The van der Waals surface area contributed by atoms with E-state index in [0.29, 0.717) is 36.9 Å². The molecule has 0 unspecified atom stereocenters. The van der Waals surface area contributed by atoms with E-state index in [1.807, 2.05) is 45.0 Å². The maximum Gasteiger partial charge on any atom is 0.322 e. The van der Waals surface area contributed by atoms with Crippen LogP contribution in [0.1, 0.15) is 26.3 Å². The van der Waals surface area contributed by atoms with Gasteiger partial charge in [-0.25, -0.2) is 0 Å². The first-order valence-corrected chi connectivity index (χ1v) is 9.88. The number of hydrogen-bond acceptors (Lipinski definition) is 7. The predicted octanol–water partition coefficient (Wildman–Crippen LogP) is 4.11. The largest absolute Gasteiger partial charge is 0.494 e. The molecule has 30 heavy (non-hydrogen) atoms. The number of rotatable bonds is 10. The second-order valence-electron chi connectivity index (χ2n) is 6.24. The van der Waals surface area contributed by atoms with Gasteiger partial charge in [-0.3, -0.25) is 10.1 Å². The van der Waals surface area contributed by atoms with Crippen LogP contribution in [0.25, 0.3) is 11.5 Å². The molecule has 0 radical (unpaired) electrons. The van der Waals surface area contributed by atoms with Crippen LogP contribution < -0.4 is 19.5 Å². The van der Waals surface area contributed by atoms with Gasteiger partial charge in [0.15, 0.2) is 11.5 Å². The van der Waals surface area contributed by atoms with E-state index in [2.05, 4.69) is 15.5 Å². The number of carbonyl (C=O) groups is 1. The molecule has 1 amide bonds. The number of hydrogen-bond donors (Lipinski definition) is 1. The van der Waals surface area contributed by atoms with E-state index in [1.165, 1.54) is 0 Å². The van der Waals surface area contributed by atoms with Crippen molar-refractivity contribution in [2.75, 3.05) is 25.1 Å². The first-order valence-electron chi connectivity index (χ1n) is 9.88. The summed E-state index contributed by atoms with van der Waals surface area (Å²) >= 11 is 0. The number of nitrogens with one attached hydrogen (secondary N) is 1. The molecular formula is C22H25N3O5. The van der Waals surface area contributed by atoms with Crippen LogP contribution in [-0.2, 0) is 11.2 Å². The molecule has 0 atom stereocenters. The molecule has 8 heteroatoms. The van der Waals surface area contributed by atoms with Crippen molar-refractivity contribution in [3.8, 4) is 28.7 Å². The molecule has 0 aliphatic rings. The van der Waals surface area contributed by atoms with Crippen LogP contribution in [0.15, 0.2) is 46.9 Å². The lowest BCUT2D eigenvalue weighted by atomic mass is 10.1. The summed E-state index contributed by atoms with van der Waals surface area (Å²) < 4.78 is 22.2. The number of benzene rings is 2. The average molecular weight is 411 g/mol. The third-order valence-corrected chi connectivity index (χ3v) is 4.06. The van der Waals surface area contributed by atoms with Crippen LogP contribution in [0, 0.1) is 0 Å². The Morgan fingerprint density at radius 3 is 2.30 bits per heavy atom. The van der Waals surface area contributed by atoms with Gasteiger partial charge in [-0.05, 0) is 56.7 Å². The van der Waals surface area contributed by atoms with Gasteiger partial charge in [-0.1, -0.05) is 17.2 Å². The lowest BCUT2D eigenvalue weighted by Crippen LogP contribution is -2.14. The standard InChI is InChI=1S/C22H25N3O5/c1-4-27-17-10-7-15(8-11-17)13-20(26)23-22-25-24-21(30-22)16-9-12-18(28-5-2)19(14-16)29-6-3/h7-12,14H,4-6,13H2,1-3H3,(H,23,25,26). The van der Waals surface area contributed by atoms with Gasteiger partial charge in [0.05, 0.1) is 26.2 Å². The van der Waals surface area contributed by atoms with E-state index >= 15 is 0 Å². The van der Waals surface area contributed by atoms with Crippen molar-refractivity contribution in [3.63, 3.8) is 0 Å². The van der Waals surface area contributed by atoms with Crippen molar-refractivity contribution < 1.29 is 23.4 Å². The van der Waals surface area contributed by atoms with Crippen molar-refractivity contribution in [1.82, 2.24) is 10.2 Å². The molecule has 1 heterocycles. The zero-order valence-electron chi connectivity index (χ0n) is 17.3. The third kappa shape index (κ3) is 5.50. The van der Waals surface area contributed by atoms with Crippen molar-refractivity contribution in [1.29, 1.82) is 0 Å². The quantitative estimate of drug-likeness (QED) is 0.536. The number of anilines is 1. The minimum atomic E-state index is -0.254. The first kappa shape index (κ1) is 21.2. The van der Waals surface area contributed by atoms with Crippen LogP contribution in [-0.4, -0.2) is 35.9 Å². The number of nitrogens with zero attached hydrogens (tertiary/aromatic N) is 2. The van der Waals surface area contributed by atoms with Crippen molar-refractivity contribution in [2.45, 2.75) is 27.2 Å². The van der Waals surface area contributed by atoms with E-state index in [9.17, 15) is 4.79 Å². The van der Waals surface area contributed by atoms with Gasteiger partial charge in [0, 0.05) is 5.56 Å². The number of ether oxygens (including phenoxy) is 3. The topological polar surface area (TPSA) is 95.7 Å². The Morgan fingerprint density at radius 1 is 0.900 bits per heavy atom. The van der Waals surface area contributed by atoms with Crippen LogP contribution >= 0.6 is 0 Å². The van der Waals surface area contributed by atoms with Crippen LogP contribution in [0.3, 0.4) is 0 Å². The molecule has 3 aromatic rings. The van der Waals surface area contributed by atoms with E-state index in [1.54, 1.807) is 18.2 Å². The van der Waals surface area contributed by atoms with Crippen LogP contribution in [0.5, 0.6) is 17.2 Å². The summed E-state index contributed by atoms with van der Waals surface area (Å²) in [7, 11) is 0. The van der Waals surface area contributed by atoms with E-state index < -0.39 is 0 Å². The Labute approximate surface area is 175 Å². The summed E-state index contributed by atoms with van der Waals surface area (Å²) in [5.41, 5.74) is 1.52. The Hall–Kier alpha value is -3.55. The Kier molecular flexibility index (Phi) is 7.26. The van der Waals surface area contributed by atoms with Crippen LogP contribution in [0.4, 0.5) is 6.01 Å². The number of carbonyl (C=O) groups excluding carboxylic acids is 1. The second-order valence-corrected chi connectivity index (χ2v) is 6.24. The van der Waals surface area contributed by atoms with Crippen molar-refractivity contribution >= 4 is 11.9 Å². The van der Waals surface area contributed by atoms with Gasteiger partial charge in [0.2, 0.25) is 11.8 Å². The molecule has 0 bridgehead atoms. The molecule has 0 aliphatic heterocycles. The molecule has 1 aromatic heterocycles. The summed E-state index contributed by atoms with van der Waals surface area (Å²) in [5.74, 6) is 2.03. The van der Waals surface area contributed by atoms with Gasteiger partial charge >= 0.3 is 6.01 Å². The van der Waals surface area contributed by atoms with Gasteiger partial charge < -0.3 is 18.6 Å². The summed E-state index contributed by atoms with van der Waals surface area (Å²) in [6, 6.07) is 12.8. The van der Waals surface area contributed by atoms with Gasteiger partial charge in [-0.15, -0.1) is 5.10 Å². The highest BCUT2D eigenvalue weighted by Crippen LogP contribution is 2.32. The SMILES string of the molecule is CCOc1ccc(CC(=O)Nc2nnc(-c3ccc(OCC)c(OCC)c3)o2)cc1. The number of amides is 1. The molecule has 8 nitrogen and oxygen atoms in total. The fraction of sp³-hybridized carbons (Fsp3) is 0.318. The smallest absolute Gasteiger partial charge is 0.322 e. The highest BCUT2D eigenvalue weighted by Gasteiger charge is 2.14. The second kappa shape index (κ2) is 10.3. The normalized spacial score (nSPS) is 10.5. The molecule has 0 spiro atoms. The Bertz CT molecular complexity index is 969. The predicted molar refractivity (Wildman–Crippen MR) is 112 cm³/mol. The van der Waals surface area contributed by atoms with Crippen molar-refractivity contribution in [3.05, 3.63) is 48.0 Å². The van der Waals surface area contributed by atoms with Crippen LogP contribution in [0.2, 0.25) is 0 Å². The Morgan fingerprint density at radius 2 is 1.60 bits per heavy atom. The monoisotopic (exact) mass is 411 g/mol. The minimum Gasteiger partial charge on any atom is -0.494 e. The maximum absolute atomic E-state index is 12.3. The van der Waals surface area contributed by atoms with Gasteiger partial charge in [0.1, 0.15) is 5.75 Å². The molecule has 0 saturated carbocycles. The van der Waals surface area contributed by atoms with Gasteiger partial charge in [0.25, 0.3) is 0 Å². The lowest BCUT2D eigenvalue weighted by molar-refractivity contribution is -0.115. The van der Waals surface area contributed by atoms with E-state index in [0.717, 1.165) is 11.3 Å². The minimum absolute atomic E-state index is 0.0350. The fourth-order valence-corrected chi connectivity index (χ4v) is 2.79. The summed E-state index contributed by atoms with van der Waals surface area (Å²) in [6.45, 7) is 7.35. The zero-order chi connectivity index (χ0) is 21.3. The van der Waals surface area contributed by atoms with E-state index in [4.69, 9.17) is 18.6 Å². The highest BCUT2D eigenvalue weighted by molar-refractivity contribution is 5.90. The molecule has 0 aliphatic carbocycles. The molecule has 0 saturated heterocycles. The molecule has 3 rings (SSSR count). The highest BCUT2D eigenvalue weighted by atomic mass is 16.5. The molecule has 2 aromatic carbocycles. The Balaban J connectivity index is 1.65. The summed E-state index contributed by atoms with van der Waals surface area (Å²) in [4.78, 5) is 12.3. The fourth-order valence-electron chi connectivity index (χ4n) is 2.79. The average Bonchev–Trinajstić information content (AvgIpc) is 3.19. The molecule has 158 valence electrons. The number of aromatic nitrogens is 2. The lowest BCUT2D eigenvalue weighted by Gasteiger charge is -2.11. The first-order chi connectivity index (χ1) is 14.6. The molecule has 1 N–H and O–H groups in total. The zero-order valence-corrected chi connectivity index (χ0v) is 17.3. The maximum atomic E-state index is 12.3. The molecule has 0 fully saturated rings. The molecular weight excluding hydrogens is 386 g/mol.